The number of halogens is 1. The Balaban J connectivity index is 0.00000363. The lowest BCUT2D eigenvalue weighted by atomic mass is 9.89. The summed E-state index contributed by atoms with van der Waals surface area (Å²) in [6, 6.07) is 10.5. The Morgan fingerprint density at radius 1 is 1.25 bits per heavy atom. The average molecular weight is 559 g/mol. The summed E-state index contributed by atoms with van der Waals surface area (Å²) in [4.78, 5) is 19.3. The summed E-state index contributed by atoms with van der Waals surface area (Å²) in [5.41, 5.74) is 0.742. The lowest BCUT2D eigenvalue weighted by molar-refractivity contribution is -0.0250. The summed E-state index contributed by atoms with van der Waals surface area (Å²) in [5, 5.41) is 6.41. The predicted molar refractivity (Wildman–Crippen MR) is 139 cm³/mol. The number of amides is 1. The molecule has 32 heavy (non-hydrogen) atoms. The standard InChI is InChI=1S/C24H38N4O3.HI/c1-5-25-22(28-14-13-20(17-28)27-23(29)31-24(2,3)4)26-16-19-12-9-15-30-21(19)18-10-7-6-8-11-18;/h6-8,10-11,19-21H,5,9,12-17H2,1-4H3,(H,25,26)(H,27,29);1H. The molecular formula is C24H39IN4O3. The first-order valence-corrected chi connectivity index (χ1v) is 11.5. The van der Waals surface area contributed by atoms with Gasteiger partial charge in [0, 0.05) is 38.7 Å². The molecule has 2 N–H and O–H groups in total. The molecule has 1 amide bonds. The van der Waals surface area contributed by atoms with Crippen LogP contribution in [-0.2, 0) is 9.47 Å². The first kappa shape index (κ1) is 26.7. The lowest BCUT2D eigenvalue weighted by Crippen LogP contribution is -2.44. The molecule has 2 heterocycles. The van der Waals surface area contributed by atoms with E-state index >= 15 is 0 Å². The molecular weight excluding hydrogens is 519 g/mol. The molecule has 7 nitrogen and oxygen atoms in total. The van der Waals surface area contributed by atoms with Gasteiger partial charge < -0.3 is 25.0 Å². The van der Waals surface area contributed by atoms with Crippen molar-refractivity contribution in [2.75, 3.05) is 32.8 Å². The zero-order valence-corrected chi connectivity index (χ0v) is 22.1. The van der Waals surface area contributed by atoms with Crippen molar-refractivity contribution in [2.24, 2.45) is 10.9 Å². The Labute approximate surface area is 209 Å². The molecule has 0 saturated carbocycles. The van der Waals surface area contributed by atoms with E-state index in [0.29, 0.717) is 5.92 Å². The fraction of sp³-hybridized carbons (Fsp3) is 0.667. The van der Waals surface area contributed by atoms with E-state index in [9.17, 15) is 4.79 Å². The minimum Gasteiger partial charge on any atom is -0.444 e. The van der Waals surface area contributed by atoms with Gasteiger partial charge in [-0.05, 0) is 52.5 Å². The number of nitrogens with one attached hydrogen (secondary N) is 2. The largest absolute Gasteiger partial charge is 0.444 e. The second kappa shape index (κ2) is 12.6. The first-order valence-electron chi connectivity index (χ1n) is 11.5. The molecule has 1 aromatic rings. The highest BCUT2D eigenvalue weighted by atomic mass is 127. The molecule has 8 heteroatoms. The van der Waals surface area contributed by atoms with E-state index in [1.165, 1.54) is 5.56 Å². The van der Waals surface area contributed by atoms with Crippen LogP contribution in [0.25, 0.3) is 0 Å². The maximum Gasteiger partial charge on any atom is 0.407 e. The van der Waals surface area contributed by atoms with Crippen LogP contribution in [0.15, 0.2) is 35.3 Å². The molecule has 2 aliphatic heterocycles. The zero-order chi connectivity index (χ0) is 22.3. The molecule has 0 aromatic heterocycles. The number of carbonyl (C=O) groups is 1. The predicted octanol–water partition coefficient (Wildman–Crippen LogP) is 4.34. The summed E-state index contributed by atoms with van der Waals surface area (Å²) in [5.74, 6) is 1.27. The van der Waals surface area contributed by atoms with E-state index in [2.05, 4.69) is 46.7 Å². The molecule has 0 bridgehead atoms. The zero-order valence-electron chi connectivity index (χ0n) is 19.8. The molecule has 2 fully saturated rings. The normalized spacial score (nSPS) is 23.9. The van der Waals surface area contributed by atoms with Crippen LogP contribution in [0.2, 0.25) is 0 Å². The number of guanidine groups is 1. The van der Waals surface area contributed by atoms with Gasteiger partial charge in [-0.1, -0.05) is 30.3 Å². The van der Waals surface area contributed by atoms with Crippen LogP contribution in [0, 0.1) is 5.92 Å². The van der Waals surface area contributed by atoms with Crippen LogP contribution in [-0.4, -0.2) is 61.4 Å². The van der Waals surface area contributed by atoms with Crippen LogP contribution in [0.5, 0.6) is 0 Å². The maximum absolute atomic E-state index is 12.1. The van der Waals surface area contributed by atoms with Crippen LogP contribution < -0.4 is 10.6 Å². The summed E-state index contributed by atoms with van der Waals surface area (Å²) in [7, 11) is 0. The number of rotatable bonds is 5. The van der Waals surface area contributed by atoms with E-state index in [1.54, 1.807) is 0 Å². The third-order valence-corrected chi connectivity index (χ3v) is 5.59. The molecule has 2 aliphatic rings. The Morgan fingerprint density at radius 2 is 2.00 bits per heavy atom. The Kier molecular flexibility index (Phi) is 10.5. The average Bonchev–Trinajstić information content (AvgIpc) is 3.18. The fourth-order valence-electron chi connectivity index (χ4n) is 4.22. The van der Waals surface area contributed by atoms with E-state index in [0.717, 1.165) is 58.0 Å². The van der Waals surface area contributed by atoms with E-state index < -0.39 is 5.60 Å². The SMILES string of the molecule is CCNC(=NCC1CCCOC1c1ccccc1)N1CCC(NC(=O)OC(C)(C)C)C1.I. The minimum absolute atomic E-state index is 0. The lowest BCUT2D eigenvalue weighted by Gasteiger charge is -2.32. The van der Waals surface area contributed by atoms with Gasteiger partial charge in [0.05, 0.1) is 12.1 Å². The molecule has 3 unspecified atom stereocenters. The number of likely N-dealkylation sites (tertiary alicyclic amines) is 1. The van der Waals surface area contributed by atoms with Crippen LogP contribution in [0.4, 0.5) is 4.79 Å². The van der Waals surface area contributed by atoms with Gasteiger partial charge in [0.1, 0.15) is 5.60 Å². The Morgan fingerprint density at radius 3 is 2.69 bits per heavy atom. The number of carbonyl (C=O) groups excluding carboxylic acids is 1. The highest BCUT2D eigenvalue weighted by Crippen LogP contribution is 2.33. The molecule has 0 radical (unpaired) electrons. The van der Waals surface area contributed by atoms with Gasteiger partial charge in [-0.2, -0.15) is 0 Å². The van der Waals surface area contributed by atoms with Gasteiger partial charge in [0.2, 0.25) is 0 Å². The van der Waals surface area contributed by atoms with Crippen molar-refractivity contribution in [3.8, 4) is 0 Å². The first-order chi connectivity index (χ1) is 14.9. The monoisotopic (exact) mass is 558 g/mol. The highest BCUT2D eigenvalue weighted by Gasteiger charge is 2.30. The van der Waals surface area contributed by atoms with Crippen molar-refractivity contribution in [3.05, 3.63) is 35.9 Å². The van der Waals surface area contributed by atoms with E-state index in [1.807, 2.05) is 26.8 Å². The Bertz CT molecular complexity index is 739. The van der Waals surface area contributed by atoms with Gasteiger partial charge in [0.25, 0.3) is 0 Å². The molecule has 3 atom stereocenters. The second-order valence-electron chi connectivity index (χ2n) is 9.38. The van der Waals surface area contributed by atoms with Crippen LogP contribution in [0.1, 0.15) is 58.6 Å². The van der Waals surface area contributed by atoms with Crippen molar-refractivity contribution in [1.82, 2.24) is 15.5 Å². The molecule has 180 valence electrons. The van der Waals surface area contributed by atoms with Gasteiger partial charge in [0.15, 0.2) is 5.96 Å². The summed E-state index contributed by atoms with van der Waals surface area (Å²) in [6.45, 7) is 11.6. The summed E-state index contributed by atoms with van der Waals surface area (Å²) < 4.78 is 11.5. The second-order valence-corrected chi connectivity index (χ2v) is 9.38. The fourth-order valence-corrected chi connectivity index (χ4v) is 4.22. The van der Waals surface area contributed by atoms with Crippen molar-refractivity contribution in [2.45, 2.75) is 64.7 Å². The van der Waals surface area contributed by atoms with Crippen molar-refractivity contribution in [1.29, 1.82) is 0 Å². The van der Waals surface area contributed by atoms with E-state index in [-0.39, 0.29) is 42.2 Å². The molecule has 3 rings (SSSR count). The number of hydrogen-bond donors (Lipinski definition) is 2. The third kappa shape index (κ3) is 8.10. The van der Waals surface area contributed by atoms with Crippen molar-refractivity contribution < 1.29 is 14.3 Å². The van der Waals surface area contributed by atoms with Crippen LogP contribution in [0.3, 0.4) is 0 Å². The van der Waals surface area contributed by atoms with Crippen LogP contribution >= 0.6 is 24.0 Å². The number of hydrogen-bond acceptors (Lipinski definition) is 4. The van der Waals surface area contributed by atoms with Crippen molar-refractivity contribution >= 4 is 36.0 Å². The minimum atomic E-state index is -0.490. The third-order valence-electron chi connectivity index (χ3n) is 5.59. The number of ether oxygens (including phenoxy) is 2. The van der Waals surface area contributed by atoms with Crippen molar-refractivity contribution in [3.63, 3.8) is 0 Å². The molecule has 1 aromatic carbocycles. The van der Waals surface area contributed by atoms with Gasteiger partial charge in [-0.25, -0.2) is 4.79 Å². The smallest absolute Gasteiger partial charge is 0.407 e. The van der Waals surface area contributed by atoms with Gasteiger partial charge in [-0.15, -0.1) is 24.0 Å². The molecule has 0 aliphatic carbocycles. The number of nitrogens with zero attached hydrogens (tertiary/aromatic N) is 2. The quantitative estimate of drug-likeness (QED) is 0.320. The summed E-state index contributed by atoms with van der Waals surface area (Å²) in [6.07, 6.45) is 2.81. The van der Waals surface area contributed by atoms with E-state index in [4.69, 9.17) is 14.5 Å². The number of alkyl carbamates (subject to hydrolysis) is 1. The summed E-state index contributed by atoms with van der Waals surface area (Å²) >= 11 is 0. The highest BCUT2D eigenvalue weighted by molar-refractivity contribution is 14.0. The number of aliphatic imine (C=N–C) groups is 1. The van der Waals surface area contributed by atoms with Gasteiger partial charge >= 0.3 is 6.09 Å². The number of benzene rings is 1. The topological polar surface area (TPSA) is 75.2 Å². The molecule has 0 spiro atoms. The van der Waals surface area contributed by atoms with Gasteiger partial charge in [-0.3, -0.25) is 4.99 Å². The Hall–Kier alpha value is -1.55. The maximum atomic E-state index is 12.1. The molecule has 2 saturated heterocycles.